The summed E-state index contributed by atoms with van der Waals surface area (Å²) in [6, 6.07) is 21.4. The summed E-state index contributed by atoms with van der Waals surface area (Å²) in [5.41, 5.74) is 3.96. The Morgan fingerprint density at radius 1 is 0.951 bits per heavy atom. The van der Waals surface area contributed by atoms with Crippen molar-refractivity contribution >= 4 is 17.8 Å². The second kappa shape index (κ2) is 14.0. The lowest BCUT2D eigenvalue weighted by Gasteiger charge is -2.20. The van der Waals surface area contributed by atoms with Crippen molar-refractivity contribution < 1.29 is 19.0 Å². The fourth-order valence-electron chi connectivity index (χ4n) is 4.69. The van der Waals surface area contributed by atoms with Crippen LogP contribution in [0.25, 0.3) is 0 Å². The van der Waals surface area contributed by atoms with Gasteiger partial charge in [0.1, 0.15) is 6.61 Å². The smallest absolute Gasteiger partial charge is 0.256 e. The Labute approximate surface area is 241 Å². The van der Waals surface area contributed by atoms with Gasteiger partial charge in [0.05, 0.1) is 37.6 Å². The van der Waals surface area contributed by atoms with Gasteiger partial charge in [0.2, 0.25) is 0 Å². The van der Waals surface area contributed by atoms with Crippen LogP contribution in [0.15, 0.2) is 83.9 Å². The third-order valence-corrected chi connectivity index (χ3v) is 6.81. The van der Waals surface area contributed by atoms with Crippen LogP contribution in [0.1, 0.15) is 46.3 Å². The van der Waals surface area contributed by atoms with Crippen molar-refractivity contribution in [2.75, 3.05) is 33.5 Å². The number of ether oxygens (including phenoxy) is 3. The highest BCUT2D eigenvalue weighted by atomic mass is 16.5. The zero-order chi connectivity index (χ0) is 28.3. The lowest BCUT2D eigenvalue weighted by Crippen LogP contribution is -2.35. The summed E-state index contributed by atoms with van der Waals surface area (Å²) in [4.78, 5) is 19.5. The summed E-state index contributed by atoms with van der Waals surface area (Å²) < 4.78 is 17.1. The zero-order valence-corrected chi connectivity index (χ0v) is 23.1. The summed E-state index contributed by atoms with van der Waals surface area (Å²) in [6.07, 6.45) is 8.24. The monoisotopic (exact) mass is 544 g/mol. The van der Waals surface area contributed by atoms with Crippen molar-refractivity contribution in [3.8, 4) is 35.2 Å². The van der Waals surface area contributed by atoms with Gasteiger partial charge in [-0.05, 0) is 49.2 Å². The highest BCUT2D eigenvalue weighted by Gasteiger charge is 2.32. The third kappa shape index (κ3) is 7.25. The summed E-state index contributed by atoms with van der Waals surface area (Å²) >= 11 is 0. The van der Waals surface area contributed by atoms with E-state index in [0.29, 0.717) is 49.0 Å². The Morgan fingerprint density at radius 3 is 2.56 bits per heavy atom. The van der Waals surface area contributed by atoms with Crippen LogP contribution >= 0.6 is 0 Å². The molecule has 2 aliphatic rings. The molecule has 0 spiro atoms. The number of carbonyl (C=O) groups excluding carboxylic acids is 1. The van der Waals surface area contributed by atoms with Gasteiger partial charge in [-0.2, -0.15) is 0 Å². The molecule has 6 heteroatoms. The summed E-state index contributed by atoms with van der Waals surface area (Å²) in [6.45, 7) is 2.08. The first-order valence-corrected chi connectivity index (χ1v) is 13.8. The Kier molecular flexibility index (Phi) is 9.50. The standard InChI is InChI=1S/C35H32N2O4/c1-39-33-24-31-32(36-26-30-17-11-20-37(30)35(31)38)25-34(33)41-23-10-9-22-40-21-8-7-16-28-14-5-6-15-29(28)19-18-27-12-3-2-4-13-27/h2-6,9-10,12-15,24-26,30H,8,11,17,20-23H2,1H3/b10-9+/t30-/m0/s1. The van der Waals surface area contributed by atoms with Crippen LogP contribution in [0.4, 0.5) is 5.69 Å². The van der Waals surface area contributed by atoms with Crippen LogP contribution in [-0.2, 0) is 4.74 Å². The molecule has 1 fully saturated rings. The molecule has 0 bridgehead atoms. The molecular formula is C35H32N2O4. The van der Waals surface area contributed by atoms with E-state index in [4.69, 9.17) is 14.2 Å². The van der Waals surface area contributed by atoms with Gasteiger partial charge in [-0.3, -0.25) is 9.79 Å². The molecule has 1 saturated heterocycles. The van der Waals surface area contributed by atoms with Crippen LogP contribution in [0.2, 0.25) is 0 Å². The second-order valence-corrected chi connectivity index (χ2v) is 9.58. The van der Waals surface area contributed by atoms with Crippen molar-refractivity contribution in [3.05, 3.63) is 101 Å². The first kappa shape index (κ1) is 27.8. The minimum atomic E-state index is -0.00692. The molecular weight excluding hydrogens is 512 g/mol. The molecule has 6 nitrogen and oxygen atoms in total. The van der Waals surface area contributed by atoms with Gasteiger partial charge in [0.25, 0.3) is 5.91 Å². The fraction of sp³-hybridized carbons (Fsp3) is 0.257. The molecule has 0 N–H and O–H groups in total. The molecule has 206 valence electrons. The molecule has 0 saturated carbocycles. The summed E-state index contributed by atoms with van der Waals surface area (Å²) in [7, 11) is 1.57. The molecule has 1 atom stereocenters. The fourth-order valence-corrected chi connectivity index (χ4v) is 4.69. The number of methoxy groups -OCH3 is 1. The predicted molar refractivity (Wildman–Crippen MR) is 161 cm³/mol. The maximum absolute atomic E-state index is 13.0. The molecule has 2 aliphatic heterocycles. The number of aliphatic imine (C=N–C) groups is 1. The number of amides is 1. The molecule has 5 rings (SSSR count). The molecule has 1 amide bonds. The topological polar surface area (TPSA) is 60.4 Å². The van der Waals surface area contributed by atoms with E-state index in [1.807, 2.05) is 77.9 Å². The minimum absolute atomic E-state index is 0.00692. The van der Waals surface area contributed by atoms with Gasteiger partial charge in [0, 0.05) is 41.9 Å². The van der Waals surface area contributed by atoms with E-state index in [0.717, 1.165) is 36.1 Å². The maximum atomic E-state index is 13.0. The highest BCUT2D eigenvalue weighted by Crippen LogP contribution is 2.38. The maximum Gasteiger partial charge on any atom is 0.256 e. The number of fused-ring (bicyclic) bond motifs is 2. The van der Waals surface area contributed by atoms with E-state index < -0.39 is 0 Å². The van der Waals surface area contributed by atoms with Crippen LogP contribution in [0.3, 0.4) is 0 Å². The molecule has 0 aliphatic carbocycles. The van der Waals surface area contributed by atoms with E-state index in [2.05, 4.69) is 28.7 Å². The largest absolute Gasteiger partial charge is 0.493 e. The number of nitrogens with zero attached hydrogens (tertiary/aromatic N) is 2. The van der Waals surface area contributed by atoms with Crippen LogP contribution < -0.4 is 9.47 Å². The summed E-state index contributed by atoms with van der Waals surface area (Å²) in [5.74, 6) is 13.9. The highest BCUT2D eigenvalue weighted by molar-refractivity contribution is 6.03. The molecule has 3 aromatic rings. The average Bonchev–Trinajstić information content (AvgIpc) is 3.44. The first-order valence-electron chi connectivity index (χ1n) is 13.8. The number of hydrogen-bond acceptors (Lipinski definition) is 5. The quantitative estimate of drug-likeness (QED) is 0.204. The molecule has 0 radical (unpaired) electrons. The van der Waals surface area contributed by atoms with Gasteiger partial charge in [0.15, 0.2) is 11.5 Å². The van der Waals surface area contributed by atoms with E-state index >= 15 is 0 Å². The lowest BCUT2D eigenvalue weighted by molar-refractivity contribution is 0.0774. The zero-order valence-electron chi connectivity index (χ0n) is 23.1. The number of carbonyl (C=O) groups is 1. The molecule has 2 heterocycles. The van der Waals surface area contributed by atoms with Gasteiger partial charge in [-0.25, -0.2) is 0 Å². The number of benzene rings is 3. The summed E-state index contributed by atoms with van der Waals surface area (Å²) in [5, 5.41) is 0. The third-order valence-electron chi connectivity index (χ3n) is 6.81. The van der Waals surface area contributed by atoms with Gasteiger partial charge >= 0.3 is 0 Å². The number of hydrogen-bond donors (Lipinski definition) is 0. The van der Waals surface area contributed by atoms with Gasteiger partial charge in [-0.1, -0.05) is 60.1 Å². The lowest BCUT2D eigenvalue weighted by atomic mass is 10.1. The Hall–Kier alpha value is -4.78. The van der Waals surface area contributed by atoms with Crippen molar-refractivity contribution in [2.45, 2.75) is 25.3 Å². The number of rotatable bonds is 8. The Balaban J connectivity index is 1.07. The molecule has 3 aromatic carbocycles. The molecule has 0 aromatic heterocycles. The Bertz CT molecular complexity index is 1550. The van der Waals surface area contributed by atoms with Crippen LogP contribution in [0.5, 0.6) is 11.5 Å². The van der Waals surface area contributed by atoms with Crippen LogP contribution in [-0.4, -0.2) is 56.5 Å². The van der Waals surface area contributed by atoms with E-state index in [1.54, 1.807) is 19.2 Å². The normalized spacial score (nSPS) is 15.3. The minimum Gasteiger partial charge on any atom is -0.493 e. The second-order valence-electron chi connectivity index (χ2n) is 9.58. The average molecular weight is 545 g/mol. The van der Waals surface area contributed by atoms with E-state index in [9.17, 15) is 4.79 Å². The van der Waals surface area contributed by atoms with Crippen molar-refractivity contribution in [1.82, 2.24) is 4.90 Å². The predicted octanol–water partition coefficient (Wildman–Crippen LogP) is 5.81. The van der Waals surface area contributed by atoms with E-state index in [-0.39, 0.29) is 11.9 Å². The van der Waals surface area contributed by atoms with Crippen molar-refractivity contribution in [2.24, 2.45) is 4.99 Å². The molecule has 41 heavy (non-hydrogen) atoms. The molecule has 0 unspecified atom stereocenters. The SMILES string of the molecule is COc1cc2c(cc1OC/C=C/COCCC#Cc1ccccc1C#Cc1ccccc1)N=C[C@@H]1CCCN1C2=O. The van der Waals surface area contributed by atoms with Gasteiger partial charge in [-0.15, -0.1) is 0 Å². The van der Waals surface area contributed by atoms with Crippen molar-refractivity contribution in [1.29, 1.82) is 0 Å². The Morgan fingerprint density at radius 2 is 1.73 bits per heavy atom. The van der Waals surface area contributed by atoms with Crippen molar-refractivity contribution in [3.63, 3.8) is 0 Å². The first-order chi connectivity index (χ1) is 20.2. The van der Waals surface area contributed by atoms with Crippen LogP contribution in [0, 0.1) is 23.7 Å². The van der Waals surface area contributed by atoms with Gasteiger partial charge < -0.3 is 19.1 Å². The van der Waals surface area contributed by atoms with E-state index in [1.165, 1.54) is 0 Å².